The summed E-state index contributed by atoms with van der Waals surface area (Å²) in [6.07, 6.45) is 6.09. The number of carbonyl (C=O) groups excluding carboxylic acids is 2. The summed E-state index contributed by atoms with van der Waals surface area (Å²) in [6, 6.07) is -0.172. The van der Waals surface area contributed by atoms with Gasteiger partial charge in [-0.1, -0.05) is 41.9 Å². The highest BCUT2D eigenvalue weighted by Gasteiger charge is 2.48. The van der Waals surface area contributed by atoms with E-state index in [1.54, 1.807) is 21.6 Å². The number of alkyl carbamates (subject to hydrolysis) is 1. The lowest BCUT2D eigenvalue weighted by Gasteiger charge is -2.33. The maximum atomic E-state index is 13.1. The highest BCUT2D eigenvalue weighted by Crippen LogP contribution is 2.47. The minimum atomic E-state index is -0.539. The Hall–Kier alpha value is -0.560. The molecule has 0 aromatic carbocycles. The first-order chi connectivity index (χ1) is 10.5. The Balaban J connectivity index is 2.16. The zero-order valence-electron chi connectivity index (χ0n) is 13.7. The van der Waals surface area contributed by atoms with E-state index in [4.69, 9.17) is 0 Å². The Bertz CT molecular complexity index is 420. The molecule has 1 saturated heterocycles. The molecule has 4 atom stereocenters. The first-order valence-electron chi connectivity index (χ1n) is 7.85. The van der Waals surface area contributed by atoms with Gasteiger partial charge in [0, 0.05) is 6.04 Å². The number of nitrogens with zero attached hydrogens (tertiary/aromatic N) is 1. The number of fused-ring (bicyclic) bond motifs is 1. The molecule has 0 aromatic heterocycles. The molecule has 2 amide bonds. The number of nitrogens with one attached hydrogen (secondary N) is 1. The molecule has 22 heavy (non-hydrogen) atoms. The van der Waals surface area contributed by atoms with Crippen LogP contribution in [0.5, 0.6) is 0 Å². The van der Waals surface area contributed by atoms with Gasteiger partial charge in [0.05, 0.1) is 12.5 Å². The van der Waals surface area contributed by atoms with Crippen LogP contribution >= 0.6 is 21.6 Å². The molecular weight excluding hydrogens is 320 g/mol. The van der Waals surface area contributed by atoms with E-state index in [0.717, 1.165) is 12.8 Å². The van der Waals surface area contributed by atoms with Gasteiger partial charge in [0.25, 0.3) is 0 Å². The van der Waals surface area contributed by atoms with Crippen LogP contribution in [0.2, 0.25) is 0 Å². The van der Waals surface area contributed by atoms with Gasteiger partial charge in [-0.05, 0) is 37.4 Å². The molecule has 1 aliphatic heterocycles. The molecular formula is C15H26N2O3S2. The van der Waals surface area contributed by atoms with Crippen LogP contribution in [0.25, 0.3) is 0 Å². The van der Waals surface area contributed by atoms with Crippen molar-refractivity contribution in [3.8, 4) is 0 Å². The molecule has 0 spiro atoms. The van der Waals surface area contributed by atoms with Crippen LogP contribution < -0.4 is 5.32 Å². The molecule has 0 radical (unpaired) electrons. The minimum Gasteiger partial charge on any atom is -0.453 e. The average molecular weight is 347 g/mol. The number of amides is 2. The molecule has 5 nitrogen and oxygen atoms in total. The van der Waals surface area contributed by atoms with Gasteiger partial charge in [-0.3, -0.25) is 4.79 Å². The van der Waals surface area contributed by atoms with Gasteiger partial charge in [0.15, 0.2) is 0 Å². The average Bonchev–Trinajstić information content (AvgIpc) is 3.04. The molecule has 1 aliphatic carbocycles. The van der Waals surface area contributed by atoms with Gasteiger partial charge in [-0.2, -0.15) is 0 Å². The quantitative estimate of drug-likeness (QED) is 0.775. The van der Waals surface area contributed by atoms with Crippen LogP contribution in [0.1, 0.15) is 39.5 Å². The van der Waals surface area contributed by atoms with Gasteiger partial charge in [0.2, 0.25) is 5.91 Å². The predicted molar refractivity (Wildman–Crippen MR) is 91.7 cm³/mol. The molecule has 3 unspecified atom stereocenters. The van der Waals surface area contributed by atoms with Crippen molar-refractivity contribution >= 4 is 33.6 Å². The number of hydrogen-bond acceptors (Lipinski definition) is 5. The summed E-state index contributed by atoms with van der Waals surface area (Å²) >= 11 is 0. The summed E-state index contributed by atoms with van der Waals surface area (Å²) in [5.41, 5.74) is 0. The lowest BCUT2D eigenvalue weighted by Crippen LogP contribution is -2.54. The predicted octanol–water partition coefficient (Wildman–Crippen LogP) is 3.11. The Labute approximate surface area is 140 Å². The largest absolute Gasteiger partial charge is 0.453 e. The van der Waals surface area contributed by atoms with Crippen LogP contribution in [-0.4, -0.2) is 47.7 Å². The van der Waals surface area contributed by atoms with Crippen molar-refractivity contribution in [3.05, 3.63) is 0 Å². The smallest absolute Gasteiger partial charge is 0.407 e. The fourth-order valence-corrected chi connectivity index (χ4v) is 5.69. The number of likely N-dealkylation sites (tertiary alicyclic amines) is 1. The summed E-state index contributed by atoms with van der Waals surface area (Å²) in [6.45, 7) is 3.91. The maximum absolute atomic E-state index is 13.1. The standard InChI is InChI=1S/C15H26N2O3S2/c1-9(2)13(16-15(19)20-3)14(18)17-11-7-5-6-10(11)8-12(17)22-21-4/h9-13H,5-8H2,1-4H3,(H,16,19)/t10?,11?,12?,13-/m0/s1. The van der Waals surface area contributed by atoms with Gasteiger partial charge < -0.3 is 15.0 Å². The lowest BCUT2D eigenvalue weighted by atomic mass is 10.0. The van der Waals surface area contributed by atoms with Gasteiger partial charge in [-0.25, -0.2) is 4.79 Å². The molecule has 1 heterocycles. The van der Waals surface area contributed by atoms with E-state index >= 15 is 0 Å². The van der Waals surface area contributed by atoms with Gasteiger partial charge >= 0.3 is 6.09 Å². The Morgan fingerprint density at radius 1 is 1.32 bits per heavy atom. The molecule has 2 aliphatic rings. The highest BCUT2D eigenvalue weighted by molar-refractivity contribution is 8.76. The van der Waals surface area contributed by atoms with E-state index in [1.165, 1.54) is 20.0 Å². The second-order valence-electron chi connectivity index (χ2n) is 6.31. The lowest BCUT2D eigenvalue weighted by molar-refractivity contribution is -0.136. The van der Waals surface area contributed by atoms with E-state index in [-0.39, 0.29) is 17.2 Å². The number of rotatable bonds is 5. The summed E-state index contributed by atoms with van der Waals surface area (Å²) in [7, 11) is 4.80. The molecule has 0 aromatic rings. The topological polar surface area (TPSA) is 58.6 Å². The molecule has 126 valence electrons. The molecule has 2 rings (SSSR count). The fourth-order valence-electron chi connectivity index (χ4n) is 3.61. The highest BCUT2D eigenvalue weighted by atomic mass is 33.1. The molecule has 0 bridgehead atoms. The summed E-state index contributed by atoms with van der Waals surface area (Å²) in [5, 5.41) is 2.94. The number of carbonyl (C=O) groups is 2. The van der Waals surface area contributed by atoms with E-state index in [1.807, 2.05) is 20.1 Å². The second kappa shape index (κ2) is 7.81. The molecule has 1 N–H and O–H groups in total. The van der Waals surface area contributed by atoms with Crippen molar-refractivity contribution in [2.75, 3.05) is 13.4 Å². The van der Waals surface area contributed by atoms with Crippen molar-refractivity contribution in [3.63, 3.8) is 0 Å². The van der Waals surface area contributed by atoms with Crippen LogP contribution in [0, 0.1) is 11.8 Å². The first kappa shape index (κ1) is 17.8. The summed E-state index contributed by atoms with van der Waals surface area (Å²) < 4.78 is 4.67. The molecule has 2 fully saturated rings. The van der Waals surface area contributed by atoms with E-state index in [2.05, 4.69) is 15.0 Å². The fraction of sp³-hybridized carbons (Fsp3) is 0.867. The SMILES string of the molecule is COC(=O)N[C@H](C(=O)N1C(SSC)CC2CCCC21)C(C)C. The summed E-state index contributed by atoms with van der Waals surface area (Å²) in [4.78, 5) is 26.7. The Kier molecular flexibility index (Phi) is 6.32. The van der Waals surface area contributed by atoms with E-state index < -0.39 is 12.1 Å². The monoisotopic (exact) mass is 346 g/mol. The molecule has 7 heteroatoms. The Morgan fingerprint density at radius 3 is 2.64 bits per heavy atom. The number of methoxy groups -OCH3 is 1. The first-order valence-corrected chi connectivity index (χ1v) is 10.5. The maximum Gasteiger partial charge on any atom is 0.407 e. The zero-order chi connectivity index (χ0) is 16.3. The van der Waals surface area contributed by atoms with Crippen molar-refractivity contribution in [2.24, 2.45) is 11.8 Å². The number of ether oxygens (including phenoxy) is 1. The van der Waals surface area contributed by atoms with Gasteiger partial charge in [-0.15, -0.1) is 0 Å². The van der Waals surface area contributed by atoms with Crippen molar-refractivity contribution in [1.82, 2.24) is 10.2 Å². The Morgan fingerprint density at radius 2 is 2.05 bits per heavy atom. The van der Waals surface area contributed by atoms with Crippen molar-refractivity contribution < 1.29 is 14.3 Å². The number of hydrogen-bond donors (Lipinski definition) is 1. The zero-order valence-corrected chi connectivity index (χ0v) is 15.3. The second-order valence-corrected chi connectivity index (χ2v) is 8.96. The minimum absolute atomic E-state index is 0.0342. The van der Waals surface area contributed by atoms with E-state index in [0.29, 0.717) is 12.0 Å². The summed E-state index contributed by atoms with van der Waals surface area (Å²) in [5.74, 6) is 0.702. The third-order valence-electron chi connectivity index (χ3n) is 4.64. The van der Waals surface area contributed by atoms with Gasteiger partial charge in [0.1, 0.15) is 6.04 Å². The molecule has 1 saturated carbocycles. The third-order valence-corrected chi connectivity index (χ3v) is 6.72. The van der Waals surface area contributed by atoms with Crippen molar-refractivity contribution in [1.29, 1.82) is 0 Å². The van der Waals surface area contributed by atoms with Crippen LogP contribution in [-0.2, 0) is 9.53 Å². The van der Waals surface area contributed by atoms with Crippen LogP contribution in [0.15, 0.2) is 0 Å². The normalized spacial score (nSPS) is 28.6. The van der Waals surface area contributed by atoms with Crippen LogP contribution in [0.4, 0.5) is 4.79 Å². The van der Waals surface area contributed by atoms with E-state index in [9.17, 15) is 9.59 Å². The van der Waals surface area contributed by atoms with Crippen LogP contribution in [0.3, 0.4) is 0 Å². The third kappa shape index (κ3) is 3.67. The van der Waals surface area contributed by atoms with Crippen molar-refractivity contribution in [2.45, 2.75) is 57.0 Å².